The van der Waals surface area contributed by atoms with Gasteiger partial charge in [-0.2, -0.15) is 0 Å². The van der Waals surface area contributed by atoms with E-state index in [2.05, 4.69) is 17.9 Å². The molecule has 0 aliphatic carbocycles. The predicted molar refractivity (Wildman–Crippen MR) is 63.1 cm³/mol. The predicted octanol–water partition coefficient (Wildman–Crippen LogP) is 0.729. The van der Waals surface area contributed by atoms with Gasteiger partial charge in [-0.25, -0.2) is 0 Å². The van der Waals surface area contributed by atoms with Crippen LogP contribution < -0.4 is 5.73 Å². The lowest BCUT2D eigenvalue weighted by atomic mass is 10.1. The van der Waals surface area contributed by atoms with Gasteiger partial charge in [-0.05, 0) is 25.5 Å². The van der Waals surface area contributed by atoms with Gasteiger partial charge < -0.3 is 15.2 Å². The molecule has 2 aliphatic heterocycles. The van der Waals surface area contributed by atoms with Gasteiger partial charge in [-0.15, -0.1) is 0 Å². The van der Waals surface area contributed by atoms with Crippen molar-refractivity contribution in [2.75, 3.05) is 32.8 Å². The van der Waals surface area contributed by atoms with Crippen LogP contribution in [0.4, 0.5) is 0 Å². The van der Waals surface area contributed by atoms with Crippen LogP contribution in [0.15, 0.2) is 11.8 Å². The van der Waals surface area contributed by atoms with Gasteiger partial charge >= 0.3 is 0 Å². The number of hydrogen-bond acceptors (Lipinski definition) is 4. The fourth-order valence-electron chi connectivity index (χ4n) is 2.23. The molecule has 0 amide bonds. The molecular weight excluding hydrogens is 204 g/mol. The number of allylic oxidation sites excluding steroid dienone is 1. The average Bonchev–Trinajstić information content (AvgIpc) is 2.39. The van der Waals surface area contributed by atoms with E-state index in [9.17, 15) is 0 Å². The Bertz CT molecular complexity index is 255. The molecule has 16 heavy (non-hydrogen) atoms. The Morgan fingerprint density at radius 1 is 1.56 bits per heavy atom. The van der Waals surface area contributed by atoms with Crippen molar-refractivity contribution >= 4 is 0 Å². The molecule has 0 bridgehead atoms. The molecule has 2 atom stereocenters. The molecule has 0 aromatic carbocycles. The number of likely N-dealkylation sites (N-methyl/N-ethyl adjacent to an activating group) is 1. The summed E-state index contributed by atoms with van der Waals surface area (Å²) in [7, 11) is 0. The van der Waals surface area contributed by atoms with Crippen LogP contribution in [-0.2, 0) is 9.47 Å². The van der Waals surface area contributed by atoms with Crippen LogP contribution in [0.1, 0.15) is 19.8 Å². The Balaban J connectivity index is 1.92. The minimum atomic E-state index is -0.102. The molecule has 4 heteroatoms. The van der Waals surface area contributed by atoms with Crippen molar-refractivity contribution in [3.63, 3.8) is 0 Å². The monoisotopic (exact) mass is 226 g/mol. The summed E-state index contributed by atoms with van der Waals surface area (Å²) in [5.74, 6) is 0.925. The van der Waals surface area contributed by atoms with Crippen LogP contribution in [0.2, 0.25) is 0 Å². The van der Waals surface area contributed by atoms with E-state index in [-0.39, 0.29) is 12.1 Å². The number of nitrogens with two attached hydrogens (primary N) is 1. The summed E-state index contributed by atoms with van der Waals surface area (Å²) in [6.45, 7) is 6.73. The first-order valence-corrected chi connectivity index (χ1v) is 6.23. The quantitative estimate of drug-likeness (QED) is 0.770. The molecule has 2 N–H and O–H groups in total. The van der Waals surface area contributed by atoms with Gasteiger partial charge in [0.1, 0.15) is 5.76 Å². The smallest absolute Gasteiger partial charge is 0.111 e. The Morgan fingerprint density at radius 3 is 3.12 bits per heavy atom. The van der Waals surface area contributed by atoms with E-state index in [1.54, 1.807) is 0 Å². The standard InChI is InChI=1S/C12H22N2O2/c1-2-14-6-8-16-11(9-14)12(13)10-5-3-4-7-15-10/h5,11-12H,2-4,6-9,13H2,1H3. The first-order valence-electron chi connectivity index (χ1n) is 6.23. The highest BCUT2D eigenvalue weighted by atomic mass is 16.5. The first kappa shape index (κ1) is 11.9. The number of ether oxygens (including phenoxy) is 2. The molecule has 4 nitrogen and oxygen atoms in total. The summed E-state index contributed by atoms with van der Waals surface area (Å²) >= 11 is 0. The van der Waals surface area contributed by atoms with E-state index in [0.29, 0.717) is 0 Å². The van der Waals surface area contributed by atoms with Crippen molar-refractivity contribution in [2.45, 2.75) is 31.9 Å². The van der Waals surface area contributed by atoms with Crippen molar-refractivity contribution in [3.8, 4) is 0 Å². The van der Waals surface area contributed by atoms with E-state index < -0.39 is 0 Å². The molecule has 0 radical (unpaired) electrons. The fraction of sp³-hybridized carbons (Fsp3) is 0.833. The molecule has 0 spiro atoms. The summed E-state index contributed by atoms with van der Waals surface area (Å²) in [6.07, 6.45) is 4.37. The second-order valence-electron chi connectivity index (χ2n) is 4.43. The lowest BCUT2D eigenvalue weighted by Gasteiger charge is -2.36. The van der Waals surface area contributed by atoms with Gasteiger partial charge in [0.15, 0.2) is 0 Å². The second-order valence-corrected chi connectivity index (χ2v) is 4.43. The fourth-order valence-corrected chi connectivity index (χ4v) is 2.23. The van der Waals surface area contributed by atoms with Gasteiger partial charge in [0.05, 0.1) is 25.4 Å². The van der Waals surface area contributed by atoms with Crippen molar-refractivity contribution in [1.29, 1.82) is 0 Å². The second kappa shape index (κ2) is 5.66. The molecule has 1 fully saturated rings. The van der Waals surface area contributed by atoms with E-state index >= 15 is 0 Å². The molecule has 0 aromatic rings. The van der Waals surface area contributed by atoms with Crippen molar-refractivity contribution in [1.82, 2.24) is 4.90 Å². The summed E-state index contributed by atoms with van der Waals surface area (Å²) in [6, 6.07) is -0.102. The topological polar surface area (TPSA) is 47.7 Å². The molecule has 0 saturated carbocycles. The Labute approximate surface area is 97.4 Å². The van der Waals surface area contributed by atoms with Crippen molar-refractivity contribution in [3.05, 3.63) is 11.8 Å². The normalized spacial score (nSPS) is 29.4. The summed E-state index contributed by atoms with van der Waals surface area (Å²) in [4.78, 5) is 2.37. The first-order chi connectivity index (χ1) is 7.81. The van der Waals surface area contributed by atoms with Crippen LogP contribution >= 0.6 is 0 Å². The lowest BCUT2D eigenvalue weighted by molar-refractivity contribution is -0.0419. The number of hydrogen-bond donors (Lipinski definition) is 1. The zero-order valence-electron chi connectivity index (χ0n) is 10.0. The zero-order valence-corrected chi connectivity index (χ0v) is 10.0. The molecule has 2 rings (SSSR count). The van der Waals surface area contributed by atoms with E-state index in [1.807, 2.05) is 0 Å². The Morgan fingerprint density at radius 2 is 2.44 bits per heavy atom. The third kappa shape index (κ3) is 2.75. The molecule has 2 unspecified atom stereocenters. The number of nitrogens with zero attached hydrogens (tertiary/aromatic N) is 1. The Hall–Kier alpha value is -0.580. The van der Waals surface area contributed by atoms with Crippen LogP contribution in [0.5, 0.6) is 0 Å². The zero-order chi connectivity index (χ0) is 11.4. The molecule has 2 aliphatic rings. The number of rotatable bonds is 3. The average molecular weight is 226 g/mol. The van der Waals surface area contributed by atoms with Gasteiger partial charge in [0.25, 0.3) is 0 Å². The van der Waals surface area contributed by atoms with E-state index in [4.69, 9.17) is 15.2 Å². The van der Waals surface area contributed by atoms with Crippen LogP contribution in [0.3, 0.4) is 0 Å². The molecule has 1 saturated heterocycles. The Kier molecular flexibility index (Phi) is 4.21. The minimum Gasteiger partial charge on any atom is -0.496 e. The van der Waals surface area contributed by atoms with Crippen LogP contribution in [0.25, 0.3) is 0 Å². The van der Waals surface area contributed by atoms with Crippen LogP contribution in [0, 0.1) is 0 Å². The minimum absolute atomic E-state index is 0.0815. The molecule has 92 valence electrons. The highest BCUT2D eigenvalue weighted by molar-refractivity contribution is 5.08. The van der Waals surface area contributed by atoms with Gasteiger partial charge in [0, 0.05) is 13.1 Å². The lowest BCUT2D eigenvalue weighted by Crippen LogP contribution is -2.51. The largest absolute Gasteiger partial charge is 0.496 e. The number of morpholine rings is 1. The van der Waals surface area contributed by atoms with Gasteiger partial charge in [0.2, 0.25) is 0 Å². The molecule has 0 aromatic heterocycles. The van der Waals surface area contributed by atoms with Crippen molar-refractivity contribution in [2.24, 2.45) is 5.73 Å². The van der Waals surface area contributed by atoms with E-state index in [1.165, 1.54) is 0 Å². The third-order valence-corrected chi connectivity index (χ3v) is 3.32. The molecule has 2 heterocycles. The van der Waals surface area contributed by atoms with Gasteiger partial charge in [-0.1, -0.05) is 6.92 Å². The summed E-state index contributed by atoms with van der Waals surface area (Å²) in [5.41, 5.74) is 6.20. The summed E-state index contributed by atoms with van der Waals surface area (Å²) in [5, 5.41) is 0. The third-order valence-electron chi connectivity index (χ3n) is 3.32. The van der Waals surface area contributed by atoms with E-state index in [0.717, 1.165) is 51.4 Å². The highest BCUT2D eigenvalue weighted by Crippen LogP contribution is 2.18. The SMILES string of the molecule is CCN1CCOC(C(N)C2=CCCCO2)C1. The summed E-state index contributed by atoms with van der Waals surface area (Å²) < 4.78 is 11.3. The maximum absolute atomic E-state index is 6.20. The maximum Gasteiger partial charge on any atom is 0.111 e. The molecular formula is C12H22N2O2. The van der Waals surface area contributed by atoms with Crippen molar-refractivity contribution < 1.29 is 9.47 Å². The maximum atomic E-state index is 6.20. The van der Waals surface area contributed by atoms with Crippen LogP contribution in [-0.4, -0.2) is 49.9 Å². The highest BCUT2D eigenvalue weighted by Gasteiger charge is 2.28. The van der Waals surface area contributed by atoms with Gasteiger partial charge in [-0.3, -0.25) is 4.90 Å².